The zero-order valence-corrected chi connectivity index (χ0v) is 24.4. The number of carbonyl (C=O) groups is 2. The number of hydrogen-bond acceptors (Lipinski definition) is 6. The maximum absolute atomic E-state index is 13.6. The number of aromatic amines is 1. The number of fused-ring (bicyclic) bond motifs is 1. The highest BCUT2D eigenvalue weighted by Crippen LogP contribution is 2.28. The van der Waals surface area contributed by atoms with Crippen LogP contribution in [0.4, 0.5) is 10.1 Å². The van der Waals surface area contributed by atoms with Gasteiger partial charge in [-0.3, -0.25) is 14.5 Å². The van der Waals surface area contributed by atoms with Crippen LogP contribution in [0.2, 0.25) is 0 Å². The van der Waals surface area contributed by atoms with Gasteiger partial charge in [-0.1, -0.05) is 18.2 Å². The van der Waals surface area contributed by atoms with Gasteiger partial charge in [0, 0.05) is 49.8 Å². The largest absolute Gasteiger partial charge is 0.379 e. The van der Waals surface area contributed by atoms with Crippen molar-refractivity contribution in [2.24, 2.45) is 0 Å². The molecule has 0 bridgehead atoms. The molecule has 0 spiro atoms. The van der Waals surface area contributed by atoms with Gasteiger partial charge in [0.15, 0.2) is 9.84 Å². The molecule has 3 aromatic rings. The average molecular weight is 595 g/mol. The van der Waals surface area contributed by atoms with Crippen molar-refractivity contribution >= 4 is 40.0 Å². The molecule has 9 nitrogen and oxygen atoms in total. The fourth-order valence-corrected chi connectivity index (χ4v) is 6.83. The number of amides is 2. The molecule has 222 valence electrons. The van der Waals surface area contributed by atoms with Gasteiger partial charge in [0.2, 0.25) is 6.41 Å². The second-order valence-electron chi connectivity index (χ2n) is 10.6. The topological polar surface area (TPSA) is 112 Å². The molecule has 0 unspecified atom stereocenters. The van der Waals surface area contributed by atoms with E-state index in [-0.39, 0.29) is 16.6 Å². The van der Waals surface area contributed by atoms with Gasteiger partial charge in [-0.15, -0.1) is 0 Å². The average Bonchev–Trinajstić information content (AvgIpc) is 3.20. The summed E-state index contributed by atoms with van der Waals surface area (Å²) in [4.78, 5) is 32.6. The minimum absolute atomic E-state index is 0.0151. The van der Waals surface area contributed by atoms with Crippen molar-refractivity contribution in [3.8, 4) is 0 Å². The molecular formula is C31H35FN4O5S. The monoisotopic (exact) mass is 594 g/mol. The van der Waals surface area contributed by atoms with E-state index in [4.69, 9.17) is 4.74 Å². The zero-order chi connectivity index (χ0) is 29.7. The van der Waals surface area contributed by atoms with Crippen LogP contribution < -0.4 is 5.32 Å². The number of aryl methyl sites for hydroxylation is 1. The summed E-state index contributed by atoms with van der Waals surface area (Å²) in [5, 5.41) is 2.62. The highest BCUT2D eigenvalue weighted by molar-refractivity contribution is 7.90. The van der Waals surface area contributed by atoms with E-state index in [1.165, 1.54) is 42.5 Å². The quantitative estimate of drug-likeness (QED) is 0.345. The van der Waals surface area contributed by atoms with Crippen LogP contribution in [0.1, 0.15) is 44.9 Å². The maximum atomic E-state index is 13.6. The molecule has 11 heteroatoms. The van der Waals surface area contributed by atoms with Gasteiger partial charge in [0.1, 0.15) is 5.82 Å². The van der Waals surface area contributed by atoms with Crippen LogP contribution in [0.25, 0.3) is 12.2 Å². The Bertz CT molecular complexity index is 1580. The molecule has 1 saturated heterocycles. The number of benzene rings is 2. The molecular weight excluding hydrogens is 559 g/mol. The number of halogens is 1. The Morgan fingerprint density at radius 3 is 2.55 bits per heavy atom. The molecule has 0 aliphatic carbocycles. The van der Waals surface area contributed by atoms with Crippen LogP contribution in [-0.2, 0) is 31.5 Å². The number of nitrogens with one attached hydrogen (secondary N) is 2. The van der Waals surface area contributed by atoms with Crippen LogP contribution in [0.15, 0.2) is 47.4 Å². The Labute approximate surface area is 245 Å². The molecule has 2 aliphatic heterocycles. The van der Waals surface area contributed by atoms with E-state index in [1.54, 1.807) is 12.2 Å². The minimum Gasteiger partial charge on any atom is -0.379 e. The molecule has 3 heterocycles. The third-order valence-electron chi connectivity index (χ3n) is 7.81. The number of sulfone groups is 1. The third kappa shape index (κ3) is 6.80. The van der Waals surface area contributed by atoms with Gasteiger partial charge >= 0.3 is 0 Å². The number of rotatable bonds is 10. The molecule has 2 N–H and O–H groups in total. The van der Waals surface area contributed by atoms with Crippen LogP contribution in [0.5, 0.6) is 0 Å². The molecule has 2 aromatic carbocycles. The van der Waals surface area contributed by atoms with E-state index in [0.717, 1.165) is 62.6 Å². The van der Waals surface area contributed by atoms with Crippen LogP contribution in [0, 0.1) is 12.7 Å². The molecule has 42 heavy (non-hydrogen) atoms. The summed E-state index contributed by atoms with van der Waals surface area (Å²) in [7, 11) is -3.75. The highest BCUT2D eigenvalue weighted by Gasteiger charge is 2.27. The predicted octanol–water partition coefficient (Wildman–Crippen LogP) is 3.90. The van der Waals surface area contributed by atoms with E-state index in [1.807, 2.05) is 11.8 Å². The number of carbonyl (C=O) groups excluding carboxylic acids is 2. The number of H-pyrrole nitrogens is 1. The van der Waals surface area contributed by atoms with E-state index in [0.29, 0.717) is 41.9 Å². The molecule has 2 aliphatic rings. The first kappa shape index (κ1) is 29.7. The molecule has 0 saturated carbocycles. The van der Waals surface area contributed by atoms with Crippen molar-refractivity contribution < 1.29 is 27.1 Å². The van der Waals surface area contributed by atoms with Crippen LogP contribution in [-0.4, -0.2) is 81.5 Å². The standard InChI is InChI=1S/C31H35FN4O5S/c1-22-27(34-29-3-2-12-36(31(38)30(22)29)14-13-35-15-17-41-18-16-35)10-6-24-19-26(9-11-28(24)33-21-37)42(39,40)20-23-4-7-25(32)8-5-23/h4-11,19,21,34H,2-3,12-18,20H2,1H3,(H,33,37)/b10-6+. The molecule has 5 rings (SSSR count). The van der Waals surface area contributed by atoms with Crippen molar-refractivity contribution in [2.45, 2.75) is 30.4 Å². The number of ether oxygens (including phenoxy) is 1. The van der Waals surface area contributed by atoms with Gasteiger partial charge in [0.05, 0.1) is 29.4 Å². The zero-order valence-electron chi connectivity index (χ0n) is 23.6. The van der Waals surface area contributed by atoms with Crippen molar-refractivity contribution in [3.63, 3.8) is 0 Å². The number of morpholine rings is 1. The summed E-state index contributed by atoms with van der Waals surface area (Å²) in [6.45, 7) is 7.28. The summed E-state index contributed by atoms with van der Waals surface area (Å²) < 4.78 is 45.0. The summed E-state index contributed by atoms with van der Waals surface area (Å²) in [5.41, 5.74) is 4.57. The Hall–Kier alpha value is -3.80. The first-order chi connectivity index (χ1) is 20.2. The first-order valence-corrected chi connectivity index (χ1v) is 15.7. The second kappa shape index (κ2) is 13.0. The fourth-order valence-electron chi connectivity index (χ4n) is 5.45. The van der Waals surface area contributed by atoms with Crippen molar-refractivity contribution in [2.75, 3.05) is 51.3 Å². The van der Waals surface area contributed by atoms with Crippen LogP contribution in [0.3, 0.4) is 0 Å². The number of aromatic nitrogens is 1. The van der Waals surface area contributed by atoms with Gasteiger partial charge in [-0.05, 0) is 72.9 Å². The molecule has 0 atom stereocenters. The summed E-state index contributed by atoms with van der Waals surface area (Å²) in [6.07, 6.45) is 5.66. The second-order valence-corrected chi connectivity index (χ2v) is 12.6. The highest BCUT2D eigenvalue weighted by atomic mass is 32.2. The first-order valence-electron chi connectivity index (χ1n) is 14.1. The van der Waals surface area contributed by atoms with E-state index in [9.17, 15) is 22.4 Å². The van der Waals surface area contributed by atoms with Gasteiger partial charge < -0.3 is 19.9 Å². The third-order valence-corrected chi connectivity index (χ3v) is 9.49. The Kier molecular flexibility index (Phi) is 9.20. The lowest BCUT2D eigenvalue weighted by Crippen LogP contribution is -2.43. The number of hydrogen-bond donors (Lipinski definition) is 2. The smallest absolute Gasteiger partial charge is 0.256 e. The lowest BCUT2D eigenvalue weighted by molar-refractivity contribution is -0.105. The van der Waals surface area contributed by atoms with E-state index >= 15 is 0 Å². The lowest BCUT2D eigenvalue weighted by Gasteiger charge is -2.29. The lowest BCUT2D eigenvalue weighted by atomic mass is 10.1. The van der Waals surface area contributed by atoms with Gasteiger partial charge in [0.25, 0.3) is 5.91 Å². The SMILES string of the molecule is Cc1c(/C=C/c2cc(S(=O)(=O)Cc3ccc(F)cc3)ccc2NC=O)[nH]c2c1C(=O)N(CCN1CCOCC1)CCC2. The van der Waals surface area contributed by atoms with Crippen LogP contribution >= 0.6 is 0 Å². The van der Waals surface area contributed by atoms with Crippen molar-refractivity contribution in [3.05, 3.63) is 81.9 Å². The molecule has 2 amide bonds. The van der Waals surface area contributed by atoms with E-state index in [2.05, 4.69) is 15.2 Å². The fraction of sp³-hybridized carbons (Fsp3) is 0.355. The summed E-state index contributed by atoms with van der Waals surface area (Å²) in [6, 6.07) is 9.82. The van der Waals surface area contributed by atoms with E-state index < -0.39 is 15.7 Å². The summed E-state index contributed by atoms with van der Waals surface area (Å²) in [5.74, 6) is -0.711. The normalized spacial score (nSPS) is 16.4. The molecule has 1 fully saturated rings. The summed E-state index contributed by atoms with van der Waals surface area (Å²) >= 11 is 0. The Morgan fingerprint density at radius 1 is 1.05 bits per heavy atom. The number of anilines is 1. The van der Waals surface area contributed by atoms with Gasteiger partial charge in [-0.2, -0.15) is 0 Å². The Morgan fingerprint density at radius 2 is 1.81 bits per heavy atom. The van der Waals surface area contributed by atoms with Gasteiger partial charge in [-0.25, -0.2) is 12.8 Å². The molecule has 0 radical (unpaired) electrons. The minimum atomic E-state index is -3.75. The number of nitrogens with zero attached hydrogens (tertiary/aromatic N) is 2. The van der Waals surface area contributed by atoms with Crippen molar-refractivity contribution in [1.29, 1.82) is 0 Å². The maximum Gasteiger partial charge on any atom is 0.256 e. The predicted molar refractivity (Wildman–Crippen MR) is 159 cm³/mol. The van der Waals surface area contributed by atoms with Crippen molar-refractivity contribution in [1.82, 2.24) is 14.8 Å². The molecule has 1 aromatic heterocycles. The Balaban J connectivity index is 1.38.